The van der Waals surface area contributed by atoms with Gasteiger partial charge >= 0.3 is 0 Å². The number of nitrogens with one attached hydrogen (secondary N) is 2. The third-order valence-electron chi connectivity index (χ3n) is 4.66. The Morgan fingerprint density at radius 2 is 2.04 bits per heavy atom. The summed E-state index contributed by atoms with van der Waals surface area (Å²) >= 11 is 0. The number of hydrogen-bond acceptors (Lipinski definition) is 4. The molecule has 0 aliphatic carbocycles. The molecule has 1 unspecified atom stereocenters. The van der Waals surface area contributed by atoms with Crippen LogP contribution in [-0.2, 0) is 13.1 Å². The molecule has 0 spiro atoms. The molecule has 148 valence electrons. The van der Waals surface area contributed by atoms with Crippen LogP contribution in [0.4, 0.5) is 0 Å². The summed E-state index contributed by atoms with van der Waals surface area (Å²) in [6.45, 7) is 4.79. The fraction of sp³-hybridized carbons (Fsp3) is 0.421. The van der Waals surface area contributed by atoms with Gasteiger partial charge in [-0.05, 0) is 68.1 Å². The first-order valence-corrected chi connectivity index (χ1v) is 8.73. The molecule has 3 rings (SSSR count). The van der Waals surface area contributed by atoms with Gasteiger partial charge < -0.3 is 15.2 Å². The Morgan fingerprint density at radius 3 is 2.70 bits per heavy atom. The first kappa shape index (κ1) is 23.1. The van der Waals surface area contributed by atoms with Crippen molar-refractivity contribution >= 4 is 30.7 Å². The van der Waals surface area contributed by atoms with Crippen molar-refractivity contribution in [3.63, 3.8) is 0 Å². The predicted octanol–water partition coefficient (Wildman–Crippen LogP) is 2.32. The lowest BCUT2D eigenvalue weighted by molar-refractivity contribution is 0.0948. The molecular formula is C19H26Cl2N4O2. The SMILES string of the molecule is Cc1ccn(CC2CCCNC2)c(=O)c1C(=O)NCc1ccncc1.Cl.Cl. The van der Waals surface area contributed by atoms with E-state index >= 15 is 0 Å². The molecular weight excluding hydrogens is 387 g/mol. The van der Waals surface area contributed by atoms with E-state index in [4.69, 9.17) is 0 Å². The number of carbonyl (C=O) groups is 1. The standard InChI is InChI=1S/C19H24N4O2.2ClH/c1-14-6-10-23(13-16-3-2-7-21-11-16)19(25)17(14)18(24)22-12-15-4-8-20-9-5-15;;/h4-6,8-10,16,21H,2-3,7,11-13H2,1H3,(H,22,24);2*1H. The van der Waals surface area contributed by atoms with Crippen molar-refractivity contribution < 1.29 is 4.79 Å². The molecule has 6 nitrogen and oxygen atoms in total. The maximum atomic E-state index is 12.8. The average Bonchev–Trinajstić information content (AvgIpc) is 2.64. The molecule has 1 aliphatic heterocycles. The van der Waals surface area contributed by atoms with Crippen LogP contribution < -0.4 is 16.2 Å². The zero-order valence-electron chi connectivity index (χ0n) is 15.3. The van der Waals surface area contributed by atoms with Crippen LogP contribution in [0.3, 0.4) is 0 Å². The number of carbonyl (C=O) groups excluding carboxylic acids is 1. The first-order chi connectivity index (χ1) is 12.1. The molecule has 1 fully saturated rings. The number of aromatic nitrogens is 2. The lowest BCUT2D eigenvalue weighted by Gasteiger charge is -2.23. The number of aryl methyl sites for hydroxylation is 1. The van der Waals surface area contributed by atoms with Gasteiger partial charge in [-0.25, -0.2) is 0 Å². The number of halogens is 2. The summed E-state index contributed by atoms with van der Waals surface area (Å²) in [6, 6.07) is 5.53. The number of pyridine rings is 2. The van der Waals surface area contributed by atoms with Gasteiger partial charge in [0.25, 0.3) is 11.5 Å². The second-order valence-electron chi connectivity index (χ2n) is 6.58. The highest BCUT2D eigenvalue weighted by atomic mass is 35.5. The zero-order valence-corrected chi connectivity index (χ0v) is 16.9. The summed E-state index contributed by atoms with van der Waals surface area (Å²) < 4.78 is 1.67. The van der Waals surface area contributed by atoms with Crippen molar-refractivity contribution in [1.29, 1.82) is 0 Å². The molecule has 0 radical (unpaired) electrons. The molecule has 2 N–H and O–H groups in total. The molecule has 1 amide bonds. The Labute approximate surface area is 171 Å². The van der Waals surface area contributed by atoms with E-state index in [1.807, 2.05) is 18.2 Å². The summed E-state index contributed by atoms with van der Waals surface area (Å²) in [5.41, 5.74) is 1.68. The minimum atomic E-state index is -0.324. The smallest absolute Gasteiger partial charge is 0.263 e. The van der Waals surface area contributed by atoms with Crippen LogP contribution in [0.5, 0.6) is 0 Å². The third kappa shape index (κ3) is 6.06. The van der Waals surface area contributed by atoms with Crippen LogP contribution in [0.2, 0.25) is 0 Å². The second-order valence-corrected chi connectivity index (χ2v) is 6.58. The Bertz CT molecular complexity index is 790. The van der Waals surface area contributed by atoms with E-state index < -0.39 is 0 Å². The molecule has 0 aromatic carbocycles. The van der Waals surface area contributed by atoms with Gasteiger partial charge in [-0.3, -0.25) is 14.6 Å². The van der Waals surface area contributed by atoms with Gasteiger partial charge in [0.1, 0.15) is 5.56 Å². The van der Waals surface area contributed by atoms with Crippen molar-refractivity contribution in [2.75, 3.05) is 13.1 Å². The molecule has 1 atom stereocenters. The molecule has 2 aromatic rings. The molecule has 1 aliphatic rings. The Kier molecular flexibility index (Phi) is 9.49. The monoisotopic (exact) mass is 412 g/mol. The number of hydrogen-bond donors (Lipinski definition) is 2. The van der Waals surface area contributed by atoms with Gasteiger partial charge in [-0.1, -0.05) is 0 Å². The van der Waals surface area contributed by atoms with Crippen LogP contribution in [0.25, 0.3) is 0 Å². The highest BCUT2D eigenvalue weighted by molar-refractivity contribution is 5.95. The number of piperidine rings is 1. The number of nitrogens with zero attached hydrogens (tertiary/aromatic N) is 2. The van der Waals surface area contributed by atoms with Crippen LogP contribution >= 0.6 is 24.8 Å². The van der Waals surface area contributed by atoms with E-state index in [-0.39, 0.29) is 41.8 Å². The van der Waals surface area contributed by atoms with Crippen molar-refractivity contribution in [3.8, 4) is 0 Å². The molecule has 8 heteroatoms. The summed E-state index contributed by atoms with van der Waals surface area (Å²) in [5.74, 6) is 0.109. The fourth-order valence-corrected chi connectivity index (χ4v) is 3.21. The van der Waals surface area contributed by atoms with Crippen molar-refractivity contribution in [2.45, 2.75) is 32.9 Å². The van der Waals surface area contributed by atoms with E-state index in [0.717, 1.165) is 31.5 Å². The van der Waals surface area contributed by atoms with E-state index in [1.165, 1.54) is 0 Å². The second kappa shape index (κ2) is 11.1. The topological polar surface area (TPSA) is 76.0 Å². The maximum Gasteiger partial charge on any atom is 0.263 e. The van der Waals surface area contributed by atoms with Crippen LogP contribution in [0, 0.1) is 12.8 Å². The highest BCUT2D eigenvalue weighted by Gasteiger charge is 2.18. The van der Waals surface area contributed by atoms with Crippen LogP contribution in [0.15, 0.2) is 41.6 Å². The lowest BCUT2D eigenvalue weighted by Crippen LogP contribution is -2.37. The van der Waals surface area contributed by atoms with Crippen molar-refractivity contribution in [3.05, 3.63) is 63.8 Å². The van der Waals surface area contributed by atoms with Crippen molar-refractivity contribution in [2.24, 2.45) is 5.92 Å². The third-order valence-corrected chi connectivity index (χ3v) is 4.66. The minimum absolute atomic E-state index is 0. The van der Waals surface area contributed by atoms with Gasteiger partial charge in [0.05, 0.1) is 0 Å². The predicted molar refractivity (Wildman–Crippen MR) is 111 cm³/mol. The number of amides is 1. The maximum absolute atomic E-state index is 12.8. The summed E-state index contributed by atoms with van der Waals surface area (Å²) in [4.78, 5) is 29.3. The largest absolute Gasteiger partial charge is 0.348 e. The molecule has 27 heavy (non-hydrogen) atoms. The van der Waals surface area contributed by atoms with Crippen molar-refractivity contribution in [1.82, 2.24) is 20.2 Å². The normalized spacial score (nSPS) is 16.0. The van der Waals surface area contributed by atoms with Gasteiger partial charge in [-0.2, -0.15) is 0 Å². The van der Waals surface area contributed by atoms with Gasteiger partial charge in [0.2, 0.25) is 0 Å². The molecule has 0 bridgehead atoms. The quantitative estimate of drug-likeness (QED) is 0.789. The van der Waals surface area contributed by atoms with E-state index in [9.17, 15) is 9.59 Å². The minimum Gasteiger partial charge on any atom is -0.348 e. The van der Waals surface area contributed by atoms with E-state index in [1.54, 1.807) is 30.1 Å². The van der Waals surface area contributed by atoms with Crippen LogP contribution in [0.1, 0.15) is 34.3 Å². The zero-order chi connectivity index (χ0) is 17.6. The Hall–Kier alpha value is -1.89. The Morgan fingerprint density at radius 1 is 1.30 bits per heavy atom. The van der Waals surface area contributed by atoms with Gasteiger partial charge in [-0.15, -0.1) is 24.8 Å². The molecule has 2 aromatic heterocycles. The van der Waals surface area contributed by atoms with E-state index in [2.05, 4.69) is 15.6 Å². The molecule has 1 saturated heterocycles. The summed E-state index contributed by atoms with van der Waals surface area (Å²) in [7, 11) is 0. The fourth-order valence-electron chi connectivity index (χ4n) is 3.21. The number of rotatable bonds is 5. The lowest BCUT2D eigenvalue weighted by atomic mass is 9.99. The highest BCUT2D eigenvalue weighted by Crippen LogP contribution is 2.12. The molecule has 0 saturated carbocycles. The van der Waals surface area contributed by atoms with Gasteiger partial charge in [0.15, 0.2) is 0 Å². The molecule has 3 heterocycles. The summed E-state index contributed by atoms with van der Waals surface area (Å²) in [6.07, 6.45) is 7.40. The van der Waals surface area contributed by atoms with E-state index in [0.29, 0.717) is 24.6 Å². The Balaban J connectivity index is 0.00000182. The van der Waals surface area contributed by atoms with Gasteiger partial charge in [0, 0.05) is 31.7 Å². The average molecular weight is 413 g/mol. The van der Waals surface area contributed by atoms with Crippen LogP contribution in [-0.4, -0.2) is 28.5 Å². The summed E-state index contributed by atoms with van der Waals surface area (Å²) in [5, 5.41) is 6.20. The first-order valence-electron chi connectivity index (χ1n) is 8.73.